The lowest BCUT2D eigenvalue weighted by Gasteiger charge is -2.14. The summed E-state index contributed by atoms with van der Waals surface area (Å²) in [4.78, 5) is 0.231. The molecule has 0 saturated heterocycles. The Labute approximate surface area is 139 Å². The van der Waals surface area contributed by atoms with Crippen molar-refractivity contribution in [2.75, 3.05) is 11.3 Å². The molecule has 1 N–H and O–H groups in total. The highest BCUT2D eigenvalue weighted by atomic mass is 79.9. The van der Waals surface area contributed by atoms with Crippen molar-refractivity contribution in [2.24, 2.45) is 0 Å². The second kappa shape index (κ2) is 6.98. The fourth-order valence-corrected chi connectivity index (χ4v) is 3.71. The fraction of sp³-hybridized carbons (Fsp3) is 0.125. The highest BCUT2D eigenvalue weighted by molar-refractivity contribution is 9.10. The smallest absolute Gasteiger partial charge is 0.262 e. The van der Waals surface area contributed by atoms with Crippen molar-refractivity contribution in [3.8, 4) is 5.75 Å². The number of hydrogen-bond acceptors (Lipinski definition) is 3. The Hall–Kier alpha value is -1.79. The SMILES string of the molecule is C=CCOc1ccccc1NS(=O)(=O)c1ccc(Br)cc1C. The minimum absolute atomic E-state index is 0.231. The number of halogens is 1. The van der Waals surface area contributed by atoms with E-state index in [9.17, 15) is 8.42 Å². The molecule has 0 radical (unpaired) electrons. The molecule has 6 heteroatoms. The van der Waals surface area contributed by atoms with Gasteiger partial charge in [0.05, 0.1) is 10.6 Å². The van der Waals surface area contributed by atoms with Crippen LogP contribution in [0.5, 0.6) is 5.75 Å². The molecule has 2 rings (SSSR count). The molecule has 0 aliphatic rings. The zero-order chi connectivity index (χ0) is 16.2. The number of ether oxygens (including phenoxy) is 1. The van der Waals surface area contributed by atoms with Gasteiger partial charge in [0.2, 0.25) is 0 Å². The van der Waals surface area contributed by atoms with E-state index >= 15 is 0 Å². The van der Waals surface area contributed by atoms with Gasteiger partial charge in [-0.15, -0.1) is 0 Å². The van der Waals surface area contributed by atoms with Gasteiger partial charge in [0.15, 0.2) is 0 Å². The summed E-state index contributed by atoms with van der Waals surface area (Å²) in [6.45, 7) is 5.63. The number of sulfonamides is 1. The topological polar surface area (TPSA) is 55.4 Å². The van der Waals surface area contributed by atoms with Gasteiger partial charge in [0.1, 0.15) is 12.4 Å². The molecule has 0 aromatic heterocycles. The molecular weight excluding hydrogens is 366 g/mol. The van der Waals surface area contributed by atoms with Crippen LogP contribution in [-0.4, -0.2) is 15.0 Å². The Morgan fingerprint density at radius 1 is 1.27 bits per heavy atom. The summed E-state index contributed by atoms with van der Waals surface area (Å²) >= 11 is 3.33. The summed E-state index contributed by atoms with van der Waals surface area (Å²) in [5.74, 6) is 0.459. The van der Waals surface area contributed by atoms with Crippen LogP contribution in [0, 0.1) is 6.92 Å². The van der Waals surface area contributed by atoms with Crippen molar-refractivity contribution >= 4 is 31.6 Å². The quantitative estimate of drug-likeness (QED) is 0.765. The van der Waals surface area contributed by atoms with E-state index < -0.39 is 10.0 Å². The van der Waals surface area contributed by atoms with Gasteiger partial charge >= 0.3 is 0 Å². The van der Waals surface area contributed by atoms with Crippen LogP contribution in [0.2, 0.25) is 0 Å². The van der Waals surface area contributed by atoms with Crippen LogP contribution in [-0.2, 0) is 10.0 Å². The molecule has 22 heavy (non-hydrogen) atoms. The van der Waals surface area contributed by atoms with Crippen LogP contribution in [0.4, 0.5) is 5.69 Å². The van der Waals surface area contributed by atoms with Crippen molar-refractivity contribution in [3.63, 3.8) is 0 Å². The zero-order valence-electron chi connectivity index (χ0n) is 12.0. The Balaban J connectivity index is 2.35. The second-order valence-corrected chi connectivity index (χ2v) is 7.18. The average molecular weight is 382 g/mol. The maximum absolute atomic E-state index is 12.6. The average Bonchev–Trinajstić information content (AvgIpc) is 2.45. The summed E-state index contributed by atoms with van der Waals surface area (Å²) in [5.41, 5.74) is 1.05. The Bertz CT molecular complexity index is 788. The van der Waals surface area contributed by atoms with Crippen molar-refractivity contribution in [3.05, 3.63) is 65.2 Å². The molecule has 116 valence electrons. The van der Waals surface area contributed by atoms with Gasteiger partial charge < -0.3 is 4.74 Å². The number of rotatable bonds is 6. The summed E-state index contributed by atoms with van der Waals surface area (Å²) in [5, 5.41) is 0. The molecule has 0 amide bonds. The third-order valence-electron chi connectivity index (χ3n) is 2.91. The van der Waals surface area contributed by atoms with E-state index in [-0.39, 0.29) is 4.90 Å². The normalized spacial score (nSPS) is 11.0. The number of benzene rings is 2. The molecule has 0 heterocycles. The highest BCUT2D eigenvalue weighted by Crippen LogP contribution is 2.28. The summed E-state index contributed by atoms with van der Waals surface area (Å²) in [7, 11) is -3.68. The van der Waals surface area contributed by atoms with E-state index in [0.717, 1.165) is 4.47 Å². The van der Waals surface area contributed by atoms with Crippen LogP contribution in [0.15, 0.2) is 64.5 Å². The molecule has 0 bridgehead atoms. The first-order valence-electron chi connectivity index (χ1n) is 6.56. The molecule has 0 spiro atoms. The van der Waals surface area contributed by atoms with E-state index in [0.29, 0.717) is 23.6 Å². The van der Waals surface area contributed by atoms with Crippen LogP contribution >= 0.6 is 15.9 Å². The van der Waals surface area contributed by atoms with E-state index in [4.69, 9.17) is 4.74 Å². The van der Waals surface area contributed by atoms with Gasteiger partial charge in [-0.05, 0) is 42.8 Å². The van der Waals surface area contributed by atoms with Crippen LogP contribution in [0.3, 0.4) is 0 Å². The molecule has 0 unspecified atom stereocenters. The minimum Gasteiger partial charge on any atom is -0.487 e. The Kier molecular flexibility index (Phi) is 5.26. The predicted octanol–water partition coefficient (Wildman–Crippen LogP) is 4.12. The van der Waals surface area contributed by atoms with Crippen molar-refractivity contribution < 1.29 is 13.2 Å². The zero-order valence-corrected chi connectivity index (χ0v) is 14.4. The van der Waals surface area contributed by atoms with Crippen LogP contribution in [0.1, 0.15) is 5.56 Å². The van der Waals surface area contributed by atoms with Crippen LogP contribution < -0.4 is 9.46 Å². The molecule has 0 aliphatic heterocycles. The van der Waals surface area contributed by atoms with E-state index in [1.165, 1.54) is 0 Å². The number of anilines is 1. The summed E-state index contributed by atoms with van der Waals surface area (Å²) < 4.78 is 34.0. The van der Waals surface area contributed by atoms with Gasteiger partial charge in [0.25, 0.3) is 10.0 Å². The van der Waals surface area contributed by atoms with E-state index in [1.54, 1.807) is 55.5 Å². The van der Waals surface area contributed by atoms with Gasteiger partial charge in [-0.1, -0.05) is 40.7 Å². The monoisotopic (exact) mass is 381 g/mol. The van der Waals surface area contributed by atoms with Gasteiger partial charge in [0, 0.05) is 4.47 Å². The predicted molar refractivity (Wildman–Crippen MR) is 91.8 cm³/mol. The Morgan fingerprint density at radius 2 is 2.00 bits per heavy atom. The van der Waals surface area contributed by atoms with Crippen molar-refractivity contribution in [2.45, 2.75) is 11.8 Å². The molecule has 2 aromatic rings. The van der Waals surface area contributed by atoms with Gasteiger partial charge in [-0.3, -0.25) is 4.72 Å². The first-order valence-corrected chi connectivity index (χ1v) is 8.83. The number of nitrogens with one attached hydrogen (secondary N) is 1. The third-order valence-corrected chi connectivity index (χ3v) is 4.93. The van der Waals surface area contributed by atoms with Crippen LogP contribution in [0.25, 0.3) is 0 Å². The van der Waals surface area contributed by atoms with E-state index in [1.807, 2.05) is 0 Å². The van der Waals surface area contributed by atoms with Gasteiger partial charge in [-0.2, -0.15) is 0 Å². The summed E-state index contributed by atoms with van der Waals surface area (Å²) in [6.07, 6.45) is 1.60. The molecule has 4 nitrogen and oxygen atoms in total. The number of hydrogen-bond donors (Lipinski definition) is 1. The summed E-state index contributed by atoms with van der Waals surface area (Å²) in [6, 6.07) is 11.9. The Morgan fingerprint density at radius 3 is 2.68 bits per heavy atom. The lowest BCUT2D eigenvalue weighted by molar-refractivity contribution is 0.365. The standard InChI is InChI=1S/C16H16BrNO3S/c1-3-10-21-15-7-5-4-6-14(15)18-22(19,20)16-9-8-13(17)11-12(16)2/h3-9,11,18H,1,10H2,2H3. The fourth-order valence-electron chi connectivity index (χ4n) is 1.94. The highest BCUT2D eigenvalue weighted by Gasteiger charge is 2.18. The lowest BCUT2D eigenvalue weighted by Crippen LogP contribution is -2.15. The van der Waals surface area contributed by atoms with Crippen molar-refractivity contribution in [1.29, 1.82) is 0 Å². The van der Waals surface area contributed by atoms with Crippen molar-refractivity contribution in [1.82, 2.24) is 0 Å². The molecule has 0 saturated carbocycles. The maximum Gasteiger partial charge on any atom is 0.262 e. The maximum atomic E-state index is 12.6. The number of aryl methyl sites for hydroxylation is 1. The minimum atomic E-state index is -3.68. The second-order valence-electron chi connectivity index (χ2n) is 4.61. The van der Waals surface area contributed by atoms with E-state index in [2.05, 4.69) is 27.2 Å². The number of para-hydroxylation sites is 2. The van der Waals surface area contributed by atoms with Gasteiger partial charge in [-0.25, -0.2) is 8.42 Å². The molecule has 0 fully saturated rings. The first kappa shape index (κ1) is 16.6. The third kappa shape index (κ3) is 3.90. The largest absolute Gasteiger partial charge is 0.487 e. The molecular formula is C16H16BrNO3S. The molecule has 2 aromatic carbocycles. The first-order chi connectivity index (χ1) is 10.4. The molecule has 0 aliphatic carbocycles. The lowest BCUT2D eigenvalue weighted by atomic mass is 10.2. The molecule has 0 atom stereocenters.